The Morgan fingerprint density at radius 3 is 2.96 bits per heavy atom. The predicted octanol–water partition coefficient (Wildman–Crippen LogP) is 4.11. The minimum absolute atomic E-state index is 0.193. The van der Waals surface area contributed by atoms with Crippen LogP contribution >= 0.6 is 0 Å². The molecule has 4 aromatic rings. The SMILES string of the molecule is OC1CCCC(Nc2ccc3ncc(-c4ccnc(-c5ccc[nH]5)c4)n3c2)C1. The lowest BCUT2D eigenvalue weighted by Crippen LogP contribution is -2.29. The fourth-order valence-electron chi connectivity index (χ4n) is 4.04. The van der Waals surface area contributed by atoms with Gasteiger partial charge in [0.2, 0.25) is 0 Å². The number of H-pyrrole nitrogens is 1. The van der Waals surface area contributed by atoms with E-state index in [4.69, 9.17) is 0 Å². The number of nitrogens with one attached hydrogen (secondary N) is 2. The highest BCUT2D eigenvalue weighted by molar-refractivity contribution is 5.69. The van der Waals surface area contributed by atoms with Gasteiger partial charge in [-0.25, -0.2) is 4.98 Å². The fraction of sp³-hybridized carbons (Fsp3) is 0.273. The summed E-state index contributed by atoms with van der Waals surface area (Å²) < 4.78 is 2.11. The number of hydrogen-bond donors (Lipinski definition) is 3. The summed E-state index contributed by atoms with van der Waals surface area (Å²) in [7, 11) is 0. The second-order valence-electron chi connectivity index (χ2n) is 7.46. The molecule has 28 heavy (non-hydrogen) atoms. The molecule has 0 spiro atoms. The largest absolute Gasteiger partial charge is 0.393 e. The number of nitrogens with zero attached hydrogens (tertiary/aromatic N) is 3. The topological polar surface area (TPSA) is 78.2 Å². The van der Waals surface area contributed by atoms with Crippen molar-refractivity contribution in [1.82, 2.24) is 19.4 Å². The van der Waals surface area contributed by atoms with Crippen molar-refractivity contribution in [3.8, 4) is 22.6 Å². The lowest BCUT2D eigenvalue weighted by Gasteiger charge is -2.27. The molecule has 1 aliphatic carbocycles. The molecule has 4 heterocycles. The smallest absolute Gasteiger partial charge is 0.137 e. The van der Waals surface area contributed by atoms with Crippen LogP contribution in [-0.4, -0.2) is 36.6 Å². The van der Waals surface area contributed by atoms with E-state index in [1.807, 2.05) is 42.9 Å². The van der Waals surface area contributed by atoms with Gasteiger partial charge in [0.25, 0.3) is 0 Å². The Morgan fingerprint density at radius 2 is 2.11 bits per heavy atom. The van der Waals surface area contributed by atoms with Crippen LogP contribution in [0.3, 0.4) is 0 Å². The summed E-state index contributed by atoms with van der Waals surface area (Å²) in [5.74, 6) is 0. The van der Waals surface area contributed by atoms with Gasteiger partial charge in [-0.05, 0) is 62.1 Å². The number of aliphatic hydroxyl groups excluding tert-OH is 1. The van der Waals surface area contributed by atoms with E-state index in [0.717, 1.165) is 59.7 Å². The monoisotopic (exact) mass is 373 g/mol. The van der Waals surface area contributed by atoms with Crippen molar-refractivity contribution < 1.29 is 5.11 Å². The van der Waals surface area contributed by atoms with Gasteiger partial charge in [0.15, 0.2) is 0 Å². The Morgan fingerprint density at radius 1 is 1.14 bits per heavy atom. The van der Waals surface area contributed by atoms with Crippen molar-refractivity contribution in [2.75, 3.05) is 5.32 Å². The minimum Gasteiger partial charge on any atom is -0.393 e. The first-order valence-corrected chi connectivity index (χ1v) is 9.78. The average Bonchev–Trinajstić information content (AvgIpc) is 3.38. The van der Waals surface area contributed by atoms with Gasteiger partial charge in [0.05, 0.1) is 35.1 Å². The summed E-state index contributed by atoms with van der Waals surface area (Å²) in [6.07, 6.45) is 11.4. The summed E-state index contributed by atoms with van der Waals surface area (Å²) in [5, 5.41) is 13.5. The van der Waals surface area contributed by atoms with Crippen LogP contribution in [0.1, 0.15) is 25.7 Å². The maximum Gasteiger partial charge on any atom is 0.137 e. The quantitative estimate of drug-likeness (QED) is 0.503. The number of imidazole rings is 1. The normalized spacial score (nSPS) is 19.8. The third-order valence-electron chi connectivity index (χ3n) is 5.45. The second-order valence-corrected chi connectivity index (χ2v) is 7.46. The number of fused-ring (bicyclic) bond motifs is 1. The van der Waals surface area contributed by atoms with Crippen molar-refractivity contribution >= 4 is 11.3 Å². The maximum atomic E-state index is 9.93. The Hall–Kier alpha value is -3.12. The molecule has 0 saturated heterocycles. The Labute approximate surface area is 163 Å². The molecule has 0 aliphatic heterocycles. The zero-order chi connectivity index (χ0) is 18.9. The first-order valence-electron chi connectivity index (χ1n) is 9.78. The first-order chi connectivity index (χ1) is 13.8. The van der Waals surface area contributed by atoms with E-state index in [9.17, 15) is 5.11 Å². The minimum atomic E-state index is -0.193. The molecular weight excluding hydrogens is 350 g/mol. The van der Waals surface area contributed by atoms with Gasteiger partial charge >= 0.3 is 0 Å². The van der Waals surface area contributed by atoms with Crippen molar-refractivity contribution in [1.29, 1.82) is 0 Å². The lowest BCUT2D eigenvalue weighted by molar-refractivity contribution is 0.124. The van der Waals surface area contributed by atoms with E-state index in [2.05, 4.69) is 43.0 Å². The molecule has 1 saturated carbocycles. The average molecular weight is 373 g/mol. The van der Waals surface area contributed by atoms with Gasteiger partial charge in [-0.15, -0.1) is 0 Å². The van der Waals surface area contributed by atoms with Gasteiger partial charge in [-0.2, -0.15) is 0 Å². The summed E-state index contributed by atoms with van der Waals surface area (Å²) in [4.78, 5) is 12.2. The number of aromatic amines is 1. The van der Waals surface area contributed by atoms with Crippen molar-refractivity contribution in [2.45, 2.75) is 37.8 Å². The molecule has 1 fully saturated rings. The van der Waals surface area contributed by atoms with Crippen molar-refractivity contribution in [3.05, 3.63) is 61.2 Å². The Balaban J connectivity index is 1.48. The zero-order valence-corrected chi connectivity index (χ0v) is 15.5. The van der Waals surface area contributed by atoms with Crippen molar-refractivity contribution in [3.63, 3.8) is 0 Å². The lowest BCUT2D eigenvalue weighted by atomic mass is 9.93. The molecule has 0 aromatic carbocycles. The molecule has 2 unspecified atom stereocenters. The molecule has 142 valence electrons. The molecule has 3 N–H and O–H groups in total. The van der Waals surface area contributed by atoms with E-state index in [1.54, 1.807) is 0 Å². The van der Waals surface area contributed by atoms with E-state index >= 15 is 0 Å². The molecule has 0 amide bonds. The summed E-state index contributed by atoms with van der Waals surface area (Å²) in [5.41, 5.74) is 5.94. The third-order valence-corrected chi connectivity index (χ3v) is 5.45. The van der Waals surface area contributed by atoms with Gasteiger partial charge < -0.3 is 15.4 Å². The number of aliphatic hydroxyl groups is 1. The molecule has 0 radical (unpaired) electrons. The fourth-order valence-corrected chi connectivity index (χ4v) is 4.04. The predicted molar refractivity (Wildman–Crippen MR) is 110 cm³/mol. The highest BCUT2D eigenvalue weighted by Crippen LogP contribution is 2.27. The summed E-state index contributed by atoms with van der Waals surface area (Å²) >= 11 is 0. The van der Waals surface area contributed by atoms with Crippen LogP contribution in [0, 0.1) is 0 Å². The van der Waals surface area contributed by atoms with Gasteiger partial charge in [-0.1, -0.05) is 0 Å². The van der Waals surface area contributed by atoms with Crippen molar-refractivity contribution in [2.24, 2.45) is 0 Å². The van der Waals surface area contributed by atoms with Crippen LogP contribution in [0.4, 0.5) is 5.69 Å². The highest BCUT2D eigenvalue weighted by atomic mass is 16.3. The number of pyridine rings is 2. The van der Waals surface area contributed by atoms with Crippen LogP contribution in [0.15, 0.2) is 61.2 Å². The van der Waals surface area contributed by atoms with Gasteiger partial charge in [0.1, 0.15) is 5.65 Å². The van der Waals surface area contributed by atoms with E-state index < -0.39 is 0 Å². The van der Waals surface area contributed by atoms with Crippen LogP contribution in [0.5, 0.6) is 0 Å². The molecule has 2 atom stereocenters. The molecule has 4 aromatic heterocycles. The van der Waals surface area contributed by atoms with E-state index in [0.29, 0.717) is 6.04 Å². The van der Waals surface area contributed by atoms with E-state index in [1.165, 1.54) is 0 Å². The third kappa shape index (κ3) is 3.27. The molecule has 0 bridgehead atoms. The molecule has 6 nitrogen and oxygen atoms in total. The number of anilines is 1. The van der Waals surface area contributed by atoms with Gasteiger partial charge in [0, 0.05) is 30.2 Å². The van der Waals surface area contributed by atoms with Crippen LogP contribution in [-0.2, 0) is 0 Å². The summed E-state index contributed by atoms with van der Waals surface area (Å²) in [6.45, 7) is 0. The highest BCUT2D eigenvalue weighted by Gasteiger charge is 2.20. The van der Waals surface area contributed by atoms with Crippen LogP contribution in [0.2, 0.25) is 0 Å². The molecule has 6 heteroatoms. The number of aromatic nitrogens is 4. The number of rotatable bonds is 4. The summed E-state index contributed by atoms with van der Waals surface area (Å²) in [6, 6.07) is 12.5. The maximum absolute atomic E-state index is 9.93. The Bertz CT molecular complexity index is 1090. The van der Waals surface area contributed by atoms with Gasteiger partial charge in [-0.3, -0.25) is 9.38 Å². The standard InChI is InChI=1S/C22H23N5O/c28-18-4-1-3-16(12-18)26-17-6-7-22-25-13-21(27(22)14-17)15-8-10-24-20(11-15)19-5-2-9-23-19/h2,5-11,13-14,16,18,23,26,28H,1,3-4,12H2. The first kappa shape index (κ1) is 17.0. The Kier molecular flexibility index (Phi) is 4.33. The molecular formula is C22H23N5O. The van der Waals surface area contributed by atoms with E-state index in [-0.39, 0.29) is 6.10 Å². The molecule has 5 rings (SSSR count). The van der Waals surface area contributed by atoms with Crippen LogP contribution in [0.25, 0.3) is 28.3 Å². The second kappa shape index (κ2) is 7.13. The molecule has 1 aliphatic rings. The van der Waals surface area contributed by atoms with Crippen LogP contribution < -0.4 is 5.32 Å². The zero-order valence-electron chi connectivity index (χ0n) is 15.5. The number of hydrogen-bond acceptors (Lipinski definition) is 4.